The third-order valence-electron chi connectivity index (χ3n) is 3.03. The van der Waals surface area contributed by atoms with E-state index in [1.165, 1.54) is 19.5 Å². The number of nitrogens with one attached hydrogen (secondary N) is 2. The molecule has 0 radical (unpaired) electrons. The van der Waals surface area contributed by atoms with Crippen molar-refractivity contribution in [1.29, 1.82) is 0 Å². The minimum absolute atomic E-state index is 0.127. The molecule has 1 amide bonds. The molecule has 2 aromatic rings. The summed E-state index contributed by atoms with van der Waals surface area (Å²) in [4.78, 5) is 20.6. The quantitative estimate of drug-likeness (QED) is 0.877. The molecule has 24 heavy (non-hydrogen) atoms. The smallest absolute Gasteiger partial charge is 0.275 e. The van der Waals surface area contributed by atoms with Crippen molar-refractivity contribution in [3.63, 3.8) is 0 Å². The van der Waals surface area contributed by atoms with Crippen molar-refractivity contribution in [2.45, 2.75) is 26.3 Å². The van der Waals surface area contributed by atoms with Gasteiger partial charge in [-0.2, -0.15) is 0 Å². The second-order valence-electron chi connectivity index (χ2n) is 6.19. The first-order valence-corrected chi connectivity index (χ1v) is 7.46. The minimum atomic E-state index is -0.350. The molecular weight excluding hydrogens is 308 g/mol. The highest BCUT2D eigenvalue weighted by Crippen LogP contribution is 2.29. The summed E-state index contributed by atoms with van der Waals surface area (Å²) < 4.78 is 10.4. The van der Waals surface area contributed by atoms with Crippen LogP contribution in [0.15, 0.2) is 30.6 Å². The van der Waals surface area contributed by atoms with E-state index in [4.69, 9.17) is 9.47 Å². The van der Waals surface area contributed by atoms with Crippen LogP contribution in [0.1, 0.15) is 31.3 Å². The number of rotatable bonds is 5. The summed E-state index contributed by atoms with van der Waals surface area (Å²) in [6.07, 6.45) is 2.97. The first-order valence-electron chi connectivity index (χ1n) is 7.46. The Balaban J connectivity index is 2.09. The van der Waals surface area contributed by atoms with Crippen molar-refractivity contribution in [3.05, 3.63) is 36.3 Å². The van der Waals surface area contributed by atoms with E-state index >= 15 is 0 Å². The monoisotopic (exact) mass is 330 g/mol. The van der Waals surface area contributed by atoms with Crippen LogP contribution in [0.4, 0.5) is 11.5 Å². The summed E-state index contributed by atoms with van der Waals surface area (Å²) in [7, 11) is 3.09. The normalized spacial score (nSPS) is 10.9. The molecule has 2 N–H and O–H groups in total. The van der Waals surface area contributed by atoms with Gasteiger partial charge in [0.25, 0.3) is 5.91 Å². The molecule has 0 aliphatic rings. The Morgan fingerprint density at radius 3 is 2.29 bits per heavy atom. The van der Waals surface area contributed by atoms with Crippen molar-refractivity contribution >= 4 is 17.4 Å². The third-order valence-corrected chi connectivity index (χ3v) is 3.03. The highest BCUT2D eigenvalue weighted by Gasteiger charge is 2.13. The van der Waals surface area contributed by atoms with Crippen LogP contribution < -0.4 is 20.1 Å². The molecule has 0 aliphatic carbocycles. The highest BCUT2D eigenvalue weighted by atomic mass is 16.5. The maximum Gasteiger partial charge on any atom is 0.275 e. The van der Waals surface area contributed by atoms with Crippen LogP contribution in [0.3, 0.4) is 0 Å². The van der Waals surface area contributed by atoms with Gasteiger partial charge in [0, 0.05) is 17.3 Å². The lowest BCUT2D eigenvalue weighted by molar-refractivity contribution is 0.102. The summed E-state index contributed by atoms with van der Waals surface area (Å²) in [6, 6.07) is 5.12. The molecule has 0 atom stereocenters. The summed E-state index contributed by atoms with van der Waals surface area (Å²) in [5, 5.41) is 5.94. The highest BCUT2D eigenvalue weighted by molar-refractivity contribution is 6.02. The number of amides is 1. The number of nitrogens with zero attached hydrogens (tertiary/aromatic N) is 2. The number of anilines is 2. The molecule has 7 heteroatoms. The van der Waals surface area contributed by atoms with Crippen LogP contribution in [0.5, 0.6) is 11.5 Å². The molecule has 1 aromatic heterocycles. The van der Waals surface area contributed by atoms with Crippen molar-refractivity contribution in [1.82, 2.24) is 9.97 Å². The van der Waals surface area contributed by atoms with E-state index < -0.39 is 0 Å². The predicted molar refractivity (Wildman–Crippen MR) is 92.9 cm³/mol. The molecule has 1 aromatic carbocycles. The molecule has 0 saturated heterocycles. The van der Waals surface area contributed by atoms with Crippen LogP contribution in [0.25, 0.3) is 0 Å². The lowest BCUT2D eigenvalue weighted by atomic mass is 10.1. The van der Waals surface area contributed by atoms with E-state index in [-0.39, 0.29) is 17.1 Å². The van der Waals surface area contributed by atoms with Gasteiger partial charge in [-0.25, -0.2) is 9.97 Å². The predicted octanol–water partition coefficient (Wildman–Crippen LogP) is 2.96. The minimum Gasteiger partial charge on any atom is -0.493 e. The van der Waals surface area contributed by atoms with E-state index in [0.29, 0.717) is 23.0 Å². The van der Waals surface area contributed by atoms with E-state index in [1.807, 2.05) is 20.8 Å². The summed E-state index contributed by atoms with van der Waals surface area (Å²) in [5.41, 5.74) is 0.679. The second kappa shape index (κ2) is 7.16. The zero-order valence-electron chi connectivity index (χ0n) is 14.5. The largest absolute Gasteiger partial charge is 0.493 e. The number of ether oxygens (including phenoxy) is 2. The molecule has 0 aliphatic heterocycles. The van der Waals surface area contributed by atoms with E-state index in [9.17, 15) is 4.79 Å². The summed E-state index contributed by atoms with van der Waals surface area (Å²) in [5.74, 6) is 1.39. The number of hydrogen-bond donors (Lipinski definition) is 2. The van der Waals surface area contributed by atoms with Gasteiger partial charge in [-0.3, -0.25) is 4.79 Å². The van der Waals surface area contributed by atoms with Gasteiger partial charge in [-0.05, 0) is 32.9 Å². The molecular formula is C17H22N4O3. The lowest BCUT2D eigenvalue weighted by Gasteiger charge is -2.20. The van der Waals surface area contributed by atoms with Gasteiger partial charge in [0.15, 0.2) is 11.5 Å². The van der Waals surface area contributed by atoms with Gasteiger partial charge < -0.3 is 20.1 Å². The maximum atomic E-state index is 12.3. The topological polar surface area (TPSA) is 85.4 Å². The Labute approximate surface area is 141 Å². The summed E-state index contributed by atoms with van der Waals surface area (Å²) >= 11 is 0. The molecule has 1 heterocycles. The summed E-state index contributed by atoms with van der Waals surface area (Å²) in [6.45, 7) is 6.06. The first-order chi connectivity index (χ1) is 11.3. The van der Waals surface area contributed by atoms with Gasteiger partial charge in [-0.15, -0.1) is 0 Å². The fourth-order valence-corrected chi connectivity index (χ4v) is 2.00. The Morgan fingerprint density at radius 1 is 1.04 bits per heavy atom. The van der Waals surface area contributed by atoms with Gasteiger partial charge >= 0.3 is 0 Å². The molecule has 2 rings (SSSR count). The van der Waals surface area contributed by atoms with Gasteiger partial charge in [0.1, 0.15) is 11.5 Å². The Bertz CT molecular complexity index is 709. The zero-order chi connectivity index (χ0) is 17.7. The molecule has 0 fully saturated rings. The van der Waals surface area contributed by atoms with Crippen LogP contribution in [0.2, 0.25) is 0 Å². The van der Waals surface area contributed by atoms with Crippen molar-refractivity contribution < 1.29 is 14.3 Å². The van der Waals surface area contributed by atoms with Gasteiger partial charge in [0.05, 0.1) is 26.6 Å². The fourth-order valence-electron chi connectivity index (χ4n) is 2.00. The van der Waals surface area contributed by atoms with Crippen molar-refractivity contribution in [2.24, 2.45) is 0 Å². The second-order valence-corrected chi connectivity index (χ2v) is 6.19. The number of aromatic nitrogens is 2. The van der Waals surface area contributed by atoms with Crippen molar-refractivity contribution in [2.75, 3.05) is 24.9 Å². The fraction of sp³-hybridized carbons (Fsp3) is 0.353. The standard InChI is InChI=1S/C17H22N4O3/c1-17(2,3)21-15-10-18-12(9-19-15)16(22)20-11-6-7-13(23-4)14(8-11)24-5/h6-10H,1-5H3,(H,19,21)(H,20,22). The van der Waals surface area contributed by atoms with Crippen LogP contribution in [-0.2, 0) is 0 Å². The first kappa shape index (κ1) is 17.5. The number of hydrogen-bond acceptors (Lipinski definition) is 6. The molecule has 7 nitrogen and oxygen atoms in total. The molecule has 128 valence electrons. The van der Waals surface area contributed by atoms with Gasteiger partial charge in [0.2, 0.25) is 0 Å². The third kappa shape index (κ3) is 4.58. The zero-order valence-corrected chi connectivity index (χ0v) is 14.5. The molecule has 0 saturated carbocycles. The number of carbonyl (C=O) groups is 1. The average molecular weight is 330 g/mol. The molecule has 0 spiro atoms. The van der Waals surface area contributed by atoms with Crippen LogP contribution in [0, 0.1) is 0 Å². The molecule has 0 unspecified atom stereocenters. The van der Waals surface area contributed by atoms with E-state index in [2.05, 4.69) is 20.6 Å². The van der Waals surface area contributed by atoms with Gasteiger partial charge in [-0.1, -0.05) is 0 Å². The SMILES string of the molecule is COc1ccc(NC(=O)c2cnc(NC(C)(C)C)cn2)cc1OC. The van der Waals surface area contributed by atoms with Crippen molar-refractivity contribution in [3.8, 4) is 11.5 Å². The number of benzene rings is 1. The van der Waals surface area contributed by atoms with Crippen LogP contribution >= 0.6 is 0 Å². The number of carbonyl (C=O) groups excluding carboxylic acids is 1. The Hall–Kier alpha value is -2.83. The average Bonchev–Trinajstić information content (AvgIpc) is 2.53. The van der Waals surface area contributed by atoms with E-state index in [0.717, 1.165) is 0 Å². The molecule has 0 bridgehead atoms. The van der Waals surface area contributed by atoms with E-state index in [1.54, 1.807) is 25.3 Å². The van der Waals surface area contributed by atoms with Crippen LogP contribution in [-0.4, -0.2) is 35.6 Å². The Kier molecular flexibility index (Phi) is 5.23. The Morgan fingerprint density at radius 2 is 1.75 bits per heavy atom. The number of methoxy groups -OCH3 is 2. The lowest BCUT2D eigenvalue weighted by Crippen LogP contribution is -2.27. The maximum absolute atomic E-state index is 12.3.